The van der Waals surface area contributed by atoms with E-state index in [1.807, 2.05) is 49.1 Å². The van der Waals surface area contributed by atoms with Crippen molar-refractivity contribution in [2.24, 2.45) is 0 Å². The second kappa shape index (κ2) is 12.2. The number of nitrogens with zero attached hydrogens (tertiary/aromatic N) is 4. The van der Waals surface area contributed by atoms with Gasteiger partial charge in [0, 0.05) is 43.5 Å². The number of hydrogen-bond acceptors (Lipinski definition) is 7. The molecule has 2 amide bonds. The molecular formula is C26H29N5O4S. The fraction of sp³-hybridized carbons (Fsp3) is 0.308. The van der Waals surface area contributed by atoms with Crippen LogP contribution in [-0.2, 0) is 0 Å². The summed E-state index contributed by atoms with van der Waals surface area (Å²) in [6, 6.07) is 12.5. The molecule has 9 nitrogen and oxygen atoms in total. The van der Waals surface area contributed by atoms with Crippen molar-refractivity contribution < 1.29 is 19.4 Å². The molecule has 0 fully saturated rings. The van der Waals surface area contributed by atoms with Crippen molar-refractivity contribution in [2.75, 3.05) is 26.7 Å². The fourth-order valence-corrected chi connectivity index (χ4v) is 4.95. The highest BCUT2D eigenvalue weighted by Gasteiger charge is 2.19. The van der Waals surface area contributed by atoms with Gasteiger partial charge in [-0.25, -0.2) is 4.79 Å². The smallest absolute Gasteiger partial charge is 0.327 e. The Morgan fingerprint density at radius 1 is 1.22 bits per heavy atom. The summed E-state index contributed by atoms with van der Waals surface area (Å²) in [5, 5.41) is 19.1. The number of pyridine rings is 1. The largest absolute Gasteiger partial charge is 0.456 e. The van der Waals surface area contributed by atoms with Gasteiger partial charge in [0.15, 0.2) is 0 Å². The molecule has 0 unspecified atom stereocenters. The number of hydrogen-bond donors (Lipinski definition) is 2. The predicted molar refractivity (Wildman–Crippen MR) is 141 cm³/mol. The van der Waals surface area contributed by atoms with Gasteiger partial charge in [-0.2, -0.15) is 5.26 Å². The Kier molecular flexibility index (Phi) is 9.00. The Bertz CT molecular complexity index is 1420. The van der Waals surface area contributed by atoms with Crippen molar-refractivity contribution in [3.63, 3.8) is 0 Å². The Hall–Kier alpha value is -3.94. The lowest BCUT2D eigenvalue weighted by atomic mass is 10.2. The van der Waals surface area contributed by atoms with E-state index in [9.17, 15) is 9.59 Å². The lowest BCUT2D eigenvalue weighted by Crippen LogP contribution is -2.30. The molecule has 0 atom stereocenters. The highest BCUT2D eigenvalue weighted by molar-refractivity contribution is 7.21. The summed E-state index contributed by atoms with van der Waals surface area (Å²) in [4.78, 5) is 32.2. The first-order chi connectivity index (χ1) is 17.5. The average Bonchev–Trinajstić information content (AvgIpc) is 3.47. The maximum Gasteiger partial charge on any atom is 0.327 e. The lowest BCUT2D eigenvalue weighted by molar-refractivity contribution is 0.0769. The number of thiophene rings is 1. The topological polar surface area (TPSA) is 120 Å². The van der Waals surface area contributed by atoms with E-state index < -0.39 is 0 Å². The molecule has 0 bridgehead atoms. The van der Waals surface area contributed by atoms with E-state index in [-0.39, 0.29) is 18.5 Å². The monoisotopic (exact) mass is 507 g/mol. The van der Waals surface area contributed by atoms with Gasteiger partial charge >= 0.3 is 6.03 Å². The van der Waals surface area contributed by atoms with Crippen molar-refractivity contribution >= 4 is 44.4 Å². The molecule has 0 radical (unpaired) electrons. The minimum absolute atomic E-state index is 0.00575. The lowest BCUT2D eigenvalue weighted by Gasteiger charge is -2.18. The normalized spacial score (nSPS) is 10.4. The number of nitriles is 1. The van der Waals surface area contributed by atoms with E-state index in [0.29, 0.717) is 29.5 Å². The maximum atomic E-state index is 12.9. The number of nitrogens with one attached hydrogen (secondary N) is 1. The van der Waals surface area contributed by atoms with Crippen LogP contribution < -0.4 is 10.1 Å². The van der Waals surface area contributed by atoms with Gasteiger partial charge in [0.1, 0.15) is 18.0 Å². The molecule has 0 saturated carbocycles. The summed E-state index contributed by atoms with van der Waals surface area (Å²) in [7, 11) is 1.00. The van der Waals surface area contributed by atoms with Crippen LogP contribution in [0.3, 0.4) is 0 Å². The number of amides is 2. The van der Waals surface area contributed by atoms with E-state index in [0.717, 1.165) is 40.3 Å². The van der Waals surface area contributed by atoms with Crippen molar-refractivity contribution in [1.29, 1.82) is 5.26 Å². The first kappa shape index (κ1) is 26.7. The number of aliphatic hydroxyl groups is 1. The molecule has 1 aromatic carbocycles. The number of aryl methyl sites for hydroxylation is 1. The number of carbonyl (C=O) groups is 2. The molecule has 0 saturated heterocycles. The van der Waals surface area contributed by atoms with Crippen LogP contribution >= 0.6 is 11.3 Å². The number of aliphatic hydroxyl groups excluding tert-OH is 1. The molecule has 188 valence electrons. The van der Waals surface area contributed by atoms with Crippen LogP contribution in [0, 0.1) is 18.3 Å². The Labute approximate surface area is 213 Å². The number of ether oxygens (including phenoxy) is 1. The standard InChI is InChI=1S/C25H25N5O3S.CH4O/c1-4-12-29(5-2)24(31)22-15-19-23(34-22)21(8-10-27-19)33-18-6-7-20-17(14-18)13-16(3)30(20)25(32)28-11-9-26;1-2/h6-8,10,13-15H,4-5,11-12H2,1-3H3,(H,28,32);2H,1H3. The third-order valence-electron chi connectivity index (χ3n) is 5.46. The molecule has 0 aliphatic heterocycles. The second-order valence-corrected chi connectivity index (χ2v) is 8.83. The van der Waals surface area contributed by atoms with E-state index in [2.05, 4.69) is 17.2 Å². The van der Waals surface area contributed by atoms with Crippen LogP contribution in [0.4, 0.5) is 4.79 Å². The highest BCUT2D eigenvalue weighted by atomic mass is 32.1. The van der Waals surface area contributed by atoms with E-state index >= 15 is 0 Å². The number of carbonyl (C=O) groups excluding carboxylic acids is 2. The van der Waals surface area contributed by atoms with Crippen molar-refractivity contribution in [3.05, 3.63) is 53.2 Å². The molecule has 0 aliphatic rings. The van der Waals surface area contributed by atoms with Gasteiger partial charge < -0.3 is 20.1 Å². The fourth-order valence-electron chi connectivity index (χ4n) is 3.92. The summed E-state index contributed by atoms with van der Waals surface area (Å²) in [5.74, 6) is 1.23. The highest BCUT2D eigenvalue weighted by Crippen LogP contribution is 2.36. The zero-order valence-electron chi connectivity index (χ0n) is 20.7. The molecule has 3 aromatic heterocycles. The first-order valence-corrected chi connectivity index (χ1v) is 12.4. The van der Waals surface area contributed by atoms with Gasteiger partial charge in [-0.3, -0.25) is 14.3 Å². The molecule has 36 heavy (non-hydrogen) atoms. The number of aromatic nitrogens is 2. The summed E-state index contributed by atoms with van der Waals surface area (Å²) >= 11 is 1.38. The molecule has 2 N–H and O–H groups in total. The minimum Gasteiger partial charge on any atom is -0.456 e. The van der Waals surface area contributed by atoms with Crippen molar-refractivity contribution in [1.82, 2.24) is 19.8 Å². The van der Waals surface area contributed by atoms with Crippen LogP contribution in [0.25, 0.3) is 21.1 Å². The molecule has 4 rings (SSSR count). The molecule has 3 heterocycles. The third kappa shape index (κ3) is 5.48. The number of rotatable bonds is 7. The van der Waals surface area contributed by atoms with E-state index in [4.69, 9.17) is 15.1 Å². The van der Waals surface area contributed by atoms with Crippen LogP contribution in [0.5, 0.6) is 11.5 Å². The summed E-state index contributed by atoms with van der Waals surface area (Å²) in [5.41, 5.74) is 2.19. The Morgan fingerprint density at radius 3 is 2.69 bits per heavy atom. The average molecular weight is 508 g/mol. The molecule has 10 heteroatoms. The number of fused-ring (bicyclic) bond motifs is 2. The molecule has 4 aromatic rings. The van der Waals surface area contributed by atoms with Gasteiger partial charge in [-0.15, -0.1) is 11.3 Å². The van der Waals surface area contributed by atoms with Gasteiger partial charge in [0.05, 0.1) is 26.7 Å². The molecular weight excluding hydrogens is 478 g/mol. The molecule has 0 spiro atoms. The van der Waals surface area contributed by atoms with Crippen LogP contribution in [0.15, 0.2) is 42.6 Å². The Balaban J connectivity index is 0.00000176. The predicted octanol–water partition coefficient (Wildman–Crippen LogP) is 4.91. The molecule has 0 aliphatic carbocycles. The summed E-state index contributed by atoms with van der Waals surface area (Å²) < 4.78 is 8.54. The SMILES string of the molecule is CCCN(CC)C(=O)c1cc2nccc(Oc3ccc4c(c3)cc(C)n4C(=O)NCC#N)c2s1.CO. The quantitative estimate of drug-likeness (QED) is 0.343. The number of benzene rings is 1. The van der Waals surface area contributed by atoms with E-state index in [1.54, 1.807) is 18.3 Å². The van der Waals surface area contributed by atoms with Gasteiger partial charge in [-0.1, -0.05) is 6.92 Å². The van der Waals surface area contributed by atoms with Gasteiger partial charge in [-0.05, 0) is 50.6 Å². The zero-order valence-corrected chi connectivity index (χ0v) is 21.6. The third-order valence-corrected chi connectivity index (χ3v) is 6.58. The van der Waals surface area contributed by atoms with Crippen molar-refractivity contribution in [2.45, 2.75) is 27.2 Å². The maximum absolute atomic E-state index is 12.9. The summed E-state index contributed by atoms with van der Waals surface area (Å²) in [6.45, 7) is 7.18. The van der Waals surface area contributed by atoms with Crippen LogP contribution in [0.1, 0.15) is 35.6 Å². The Morgan fingerprint density at radius 2 is 2.00 bits per heavy atom. The first-order valence-electron chi connectivity index (χ1n) is 11.5. The van der Waals surface area contributed by atoms with Gasteiger partial charge in [0.2, 0.25) is 0 Å². The zero-order chi connectivity index (χ0) is 26.2. The van der Waals surface area contributed by atoms with Gasteiger partial charge in [0.25, 0.3) is 5.91 Å². The van der Waals surface area contributed by atoms with E-state index in [1.165, 1.54) is 15.9 Å². The minimum atomic E-state index is -0.349. The van der Waals surface area contributed by atoms with Crippen molar-refractivity contribution in [3.8, 4) is 17.6 Å². The second-order valence-electron chi connectivity index (χ2n) is 7.78. The van der Waals surface area contributed by atoms with Crippen LogP contribution in [-0.4, -0.2) is 58.2 Å². The van der Waals surface area contributed by atoms with Crippen LogP contribution in [0.2, 0.25) is 0 Å². The summed E-state index contributed by atoms with van der Waals surface area (Å²) in [6.07, 6.45) is 2.57.